The molecule has 0 bridgehead atoms. The van der Waals surface area contributed by atoms with E-state index in [0.717, 1.165) is 16.9 Å². The van der Waals surface area contributed by atoms with Crippen LogP contribution < -0.4 is 11.2 Å². The lowest BCUT2D eigenvalue weighted by Gasteiger charge is -2.13. The molecule has 21 heavy (non-hydrogen) atoms. The number of amides is 1. The van der Waals surface area contributed by atoms with Crippen molar-refractivity contribution >= 4 is 61.9 Å². The number of hydrogen-bond donors (Lipinski definition) is 2. The molecule has 1 aromatic heterocycles. The van der Waals surface area contributed by atoms with Crippen LogP contribution in [0.2, 0.25) is 0 Å². The summed E-state index contributed by atoms with van der Waals surface area (Å²) >= 11 is 7.59. The number of nitrogens with one attached hydrogen (secondary N) is 1. The van der Waals surface area contributed by atoms with Gasteiger partial charge in [-0.1, -0.05) is 53.4 Å². The lowest BCUT2D eigenvalue weighted by atomic mass is 10.2. The van der Waals surface area contributed by atoms with E-state index in [4.69, 9.17) is 18.0 Å². The summed E-state index contributed by atoms with van der Waals surface area (Å²) in [5, 5.41) is 9.50. The van der Waals surface area contributed by atoms with E-state index in [9.17, 15) is 4.79 Å². The van der Waals surface area contributed by atoms with Crippen LogP contribution in [0.1, 0.15) is 5.56 Å². The maximum Gasteiger partial charge on any atom is 0.285 e. The number of benzene rings is 1. The molecule has 1 amide bonds. The Kier molecular flexibility index (Phi) is 3.86. The zero-order valence-electron chi connectivity index (χ0n) is 10.5. The fraction of sp³-hybridized carbons (Fsp3) is 0. The van der Waals surface area contributed by atoms with Crippen LogP contribution in [0.25, 0.3) is 6.08 Å². The van der Waals surface area contributed by atoms with Gasteiger partial charge < -0.3 is 5.73 Å². The molecule has 0 aliphatic carbocycles. The first-order valence-corrected chi connectivity index (χ1v) is 7.86. The molecule has 1 aliphatic rings. The molecule has 2 heterocycles. The number of nitrogen functional groups attached to an aromatic ring is 1. The highest BCUT2D eigenvalue weighted by Crippen LogP contribution is 2.33. The molecule has 0 spiro atoms. The standard InChI is InChI=1S/C12H9N5OS3/c13-10-14-15-11(21-10)16-17-9(18)8(20-12(17)19)6-7-4-2-1-3-5-7/h1-6H,(H2,13,14)(H,15,16). The number of aromatic nitrogens is 2. The SMILES string of the molecule is Nc1nnc(NN2C(=O)C(=Cc3ccccc3)SC2=S)s1. The van der Waals surface area contributed by atoms with Gasteiger partial charge in [-0.05, 0) is 23.9 Å². The monoisotopic (exact) mass is 335 g/mol. The minimum Gasteiger partial charge on any atom is -0.374 e. The number of thioether (sulfide) groups is 1. The third kappa shape index (κ3) is 3.04. The first-order valence-electron chi connectivity index (χ1n) is 5.82. The van der Waals surface area contributed by atoms with Crippen LogP contribution in [0.15, 0.2) is 35.2 Å². The minimum atomic E-state index is -0.220. The molecule has 1 aromatic carbocycles. The molecule has 0 radical (unpaired) electrons. The summed E-state index contributed by atoms with van der Waals surface area (Å²) in [7, 11) is 0. The molecule has 9 heteroatoms. The lowest BCUT2D eigenvalue weighted by Crippen LogP contribution is -2.33. The van der Waals surface area contributed by atoms with Gasteiger partial charge in [0.25, 0.3) is 5.91 Å². The molecular weight excluding hydrogens is 326 g/mol. The summed E-state index contributed by atoms with van der Waals surface area (Å²) in [6.45, 7) is 0. The highest BCUT2D eigenvalue weighted by Gasteiger charge is 2.33. The van der Waals surface area contributed by atoms with Crippen molar-refractivity contribution in [3.63, 3.8) is 0 Å². The number of anilines is 2. The Morgan fingerprint density at radius 2 is 2.05 bits per heavy atom. The second-order valence-electron chi connectivity index (χ2n) is 3.99. The summed E-state index contributed by atoms with van der Waals surface area (Å²) in [6.07, 6.45) is 1.80. The van der Waals surface area contributed by atoms with Gasteiger partial charge in [-0.3, -0.25) is 10.2 Å². The number of hydrogen-bond acceptors (Lipinski definition) is 8. The van der Waals surface area contributed by atoms with Crippen molar-refractivity contribution in [2.24, 2.45) is 0 Å². The molecule has 3 N–H and O–H groups in total. The van der Waals surface area contributed by atoms with E-state index >= 15 is 0 Å². The van der Waals surface area contributed by atoms with Crippen molar-refractivity contribution in [3.05, 3.63) is 40.8 Å². The van der Waals surface area contributed by atoms with Gasteiger partial charge >= 0.3 is 0 Å². The van der Waals surface area contributed by atoms with Gasteiger partial charge in [0.15, 0.2) is 4.32 Å². The average Bonchev–Trinajstić information content (AvgIpc) is 2.99. The molecule has 3 rings (SSSR count). The van der Waals surface area contributed by atoms with Crippen molar-refractivity contribution in [1.29, 1.82) is 0 Å². The van der Waals surface area contributed by atoms with Crippen LogP contribution in [0.3, 0.4) is 0 Å². The van der Waals surface area contributed by atoms with Crippen LogP contribution in [-0.2, 0) is 4.79 Å². The summed E-state index contributed by atoms with van der Waals surface area (Å²) < 4.78 is 0.413. The van der Waals surface area contributed by atoms with E-state index < -0.39 is 0 Å². The van der Waals surface area contributed by atoms with Crippen molar-refractivity contribution in [2.75, 3.05) is 11.2 Å². The number of nitrogens with zero attached hydrogens (tertiary/aromatic N) is 3. The molecule has 0 saturated carbocycles. The topological polar surface area (TPSA) is 84.1 Å². The molecule has 106 valence electrons. The van der Waals surface area contributed by atoms with Crippen LogP contribution in [-0.4, -0.2) is 25.4 Å². The number of carbonyl (C=O) groups is 1. The number of hydrazine groups is 1. The van der Waals surface area contributed by atoms with Gasteiger partial charge in [0, 0.05) is 0 Å². The highest BCUT2D eigenvalue weighted by molar-refractivity contribution is 8.26. The minimum absolute atomic E-state index is 0.220. The van der Waals surface area contributed by atoms with Crippen molar-refractivity contribution < 1.29 is 4.79 Å². The fourth-order valence-electron chi connectivity index (χ4n) is 1.64. The van der Waals surface area contributed by atoms with Gasteiger partial charge in [0.1, 0.15) is 0 Å². The second-order valence-corrected chi connectivity index (χ2v) is 6.67. The molecule has 2 aromatic rings. The Bertz CT molecular complexity index is 728. The van der Waals surface area contributed by atoms with E-state index in [0.29, 0.717) is 19.5 Å². The zero-order valence-corrected chi connectivity index (χ0v) is 13.0. The molecule has 1 saturated heterocycles. The summed E-state index contributed by atoms with van der Waals surface area (Å²) in [5.74, 6) is -0.220. The van der Waals surface area contributed by atoms with Crippen LogP contribution in [0.4, 0.5) is 10.3 Å². The quantitative estimate of drug-likeness (QED) is 0.658. The zero-order chi connectivity index (χ0) is 14.8. The van der Waals surface area contributed by atoms with Gasteiger partial charge in [0.05, 0.1) is 4.91 Å². The number of carbonyl (C=O) groups excluding carboxylic acids is 1. The predicted molar refractivity (Wildman–Crippen MR) is 89.4 cm³/mol. The second kappa shape index (κ2) is 5.80. The fourth-order valence-corrected chi connectivity index (χ4v) is 3.32. The third-order valence-electron chi connectivity index (χ3n) is 2.54. The highest BCUT2D eigenvalue weighted by atomic mass is 32.2. The Morgan fingerprint density at radius 1 is 1.29 bits per heavy atom. The number of nitrogens with two attached hydrogens (primary N) is 1. The summed E-state index contributed by atoms with van der Waals surface area (Å²) in [4.78, 5) is 12.9. The molecule has 0 atom stereocenters. The first kappa shape index (κ1) is 14.0. The van der Waals surface area contributed by atoms with E-state index in [1.54, 1.807) is 6.08 Å². The van der Waals surface area contributed by atoms with Crippen LogP contribution in [0, 0.1) is 0 Å². The lowest BCUT2D eigenvalue weighted by molar-refractivity contribution is -0.121. The van der Waals surface area contributed by atoms with E-state index in [1.807, 2.05) is 30.3 Å². The Hall–Kier alpha value is -1.97. The van der Waals surface area contributed by atoms with E-state index in [2.05, 4.69) is 15.6 Å². The maximum atomic E-state index is 12.3. The van der Waals surface area contributed by atoms with E-state index in [1.165, 1.54) is 16.8 Å². The van der Waals surface area contributed by atoms with Crippen molar-refractivity contribution in [3.8, 4) is 0 Å². The Balaban J connectivity index is 1.81. The van der Waals surface area contributed by atoms with Gasteiger partial charge in [-0.25, -0.2) is 0 Å². The van der Waals surface area contributed by atoms with Gasteiger partial charge in [-0.2, -0.15) is 5.01 Å². The van der Waals surface area contributed by atoms with Crippen LogP contribution in [0.5, 0.6) is 0 Å². The molecular formula is C12H9N5OS3. The molecule has 0 unspecified atom stereocenters. The molecule has 1 fully saturated rings. The predicted octanol–water partition coefficient (Wildman–Crippen LogP) is 2.35. The van der Waals surface area contributed by atoms with Crippen molar-refractivity contribution in [2.45, 2.75) is 0 Å². The molecule has 1 aliphatic heterocycles. The first-order chi connectivity index (χ1) is 10.1. The Labute approximate surface area is 134 Å². The normalized spacial score (nSPS) is 16.8. The summed E-state index contributed by atoms with van der Waals surface area (Å²) in [5.41, 5.74) is 9.27. The third-order valence-corrected chi connectivity index (χ3v) is 4.50. The Morgan fingerprint density at radius 3 is 2.71 bits per heavy atom. The largest absolute Gasteiger partial charge is 0.374 e. The average molecular weight is 335 g/mol. The maximum absolute atomic E-state index is 12.3. The number of thiocarbonyl (C=S) groups is 1. The molecule has 6 nitrogen and oxygen atoms in total. The van der Waals surface area contributed by atoms with Gasteiger partial charge in [-0.15, -0.1) is 10.2 Å². The smallest absolute Gasteiger partial charge is 0.285 e. The van der Waals surface area contributed by atoms with E-state index in [-0.39, 0.29) is 5.91 Å². The number of rotatable bonds is 3. The summed E-state index contributed by atoms with van der Waals surface area (Å²) in [6, 6.07) is 9.59. The van der Waals surface area contributed by atoms with Crippen molar-refractivity contribution in [1.82, 2.24) is 15.2 Å². The van der Waals surface area contributed by atoms with Gasteiger partial charge in [0.2, 0.25) is 10.3 Å². The van der Waals surface area contributed by atoms with Crippen LogP contribution >= 0.6 is 35.3 Å².